The van der Waals surface area contributed by atoms with Crippen molar-refractivity contribution in [2.24, 2.45) is 0 Å². The van der Waals surface area contributed by atoms with E-state index in [9.17, 15) is 4.79 Å². The lowest BCUT2D eigenvalue weighted by Gasteiger charge is -2.37. The van der Waals surface area contributed by atoms with Crippen molar-refractivity contribution in [3.05, 3.63) is 0 Å². The molecule has 1 amide bonds. The molecule has 0 aliphatic rings. The first-order valence-corrected chi connectivity index (χ1v) is 7.36. The number of rotatable bonds is 6. The van der Waals surface area contributed by atoms with Crippen molar-refractivity contribution in [1.29, 1.82) is 0 Å². The Morgan fingerprint density at radius 3 is 2.15 bits per heavy atom. The van der Waals surface area contributed by atoms with Crippen LogP contribution in [0.2, 0.25) is 0 Å². The topological polar surface area (TPSA) is 61.8 Å². The summed E-state index contributed by atoms with van der Waals surface area (Å²) in [5.74, 6) is 0. The molecule has 120 valence electrons. The van der Waals surface area contributed by atoms with Gasteiger partial charge in [-0.2, -0.15) is 0 Å². The maximum Gasteiger partial charge on any atom is 0.410 e. The lowest BCUT2D eigenvalue weighted by molar-refractivity contribution is 0.00636. The fourth-order valence-electron chi connectivity index (χ4n) is 1.74. The van der Waals surface area contributed by atoms with Crippen LogP contribution in [0.5, 0.6) is 0 Å². The molecule has 5 nitrogen and oxygen atoms in total. The van der Waals surface area contributed by atoms with Crippen LogP contribution in [0, 0.1) is 0 Å². The zero-order valence-corrected chi connectivity index (χ0v) is 14.1. The Labute approximate surface area is 123 Å². The molecule has 0 saturated heterocycles. The molecule has 0 saturated carbocycles. The smallest absolute Gasteiger partial charge is 0.410 e. The van der Waals surface area contributed by atoms with Crippen LogP contribution in [0.3, 0.4) is 0 Å². The summed E-state index contributed by atoms with van der Waals surface area (Å²) in [7, 11) is 0. The molecule has 0 unspecified atom stereocenters. The van der Waals surface area contributed by atoms with Crippen molar-refractivity contribution in [3.8, 4) is 0 Å². The van der Waals surface area contributed by atoms with Crippen LogP contribution < -0.4 is 5.32 Å². The first-order chi connectivity index (χ1) is 9.01. The lowest BCUT2D eigenvalue weighted by Crippen LogP contribution is -2.51. The summed E-state index contributed by atoms with van der Waals surface area (Å²) in [5, 5.41) is 12.4. The Bertz CT molecular complexity index is 288. The van der Waals surface area contributed by atoms with Crippen molar-refractivity contribution < 1.29 is 14.6 Å². The highest BCUT2D eigenvalue weighted by Crippen LogP contribution is 2.17. The standard InChI is InChI=1S/C15H32N2O3/c1-8-12(11-18)16-9-10-17(14(2,3)4)13(19)20-15(5,6)7/h12,16,18H,8-11H2,1-7H3/t12-/m1/s1. The van der Waals surface area contributed by atoms with Gasteiger partial charge in [0.15, 0.2) is 0 Å². The van der Waals surface area contributed by atoms with Crippen molar-refractivity contribution in [3.63, 3.8) is 0 Å². The summed E-state index contributed by atoms with van der Waals surface area (Å²) in [6.45, 7) is 14.9. The fraction of sp³-hybridized carbons (Fsp3) is 0.933. The van der Waals surface area contributed by atoms with E-state index in [1.54, 1.807) is 4.90 Å². The van der Waals surface area contributed by atoms with Gasteiger partial charge in [-0.3, -0.25) is 0 Å². The summed E-state index contributed by atoms with van der Waals surface area (Å²) in [5.41, 5.74) is -0.796. The number of amides is 1. The average Bonchev–Trinajstić information content (AvgIpc) is 2.25. The predicted octanol–water partition coefficient (Wildman–Crippen LogP) is 2.38. The van der Waals surface area contributed by atoms with Gasteiger partial charge in [0.2, 0.25) is 0 Å². The Morgan fingerprint density at radius 2 is 1.80 bits per heavy atom. The molecule has 0 fully saturated rings. The summed E-state index contributed by atoms with van der Waals surface area (Å²) in [6, 6.07) is 0.0791. The summed E-state index contributed by atoms with van der Waals surface area (Å²) >= 11 is 0. The number of carbonyl (C=O) groups excluding carboxylic acids is 1. The number of hydrogen-bond donors (Lipinski definition) is 2. The van der Waals surface area contributed by atoms with Crippen LogP contribution in [0.4, 0.5) is 4.79 Å². The normalized spacial score (nSPS) is 14.0. The Kier molecular flexibility index (Phi) is 7.52. The van der Waals surface area contributed by atoms with E-state index >= 15 is 0 Å². The second kappa shape index (κ2) is 7.84. The quantitative estimate of drug-likeness (QED) is 0.788. The van der Waals surface area contributed by atoms with Gasteiger partial charge in [-0.1, -0.05) is 6.92 Å². The number of ether oxygens (including phenoxy) is 1. The number of nitrogens with zero attached hydrogens (tertiary/aromatic N) is 1. The zero-order chi connectivity index (χ0) is 16.0. The first-order valence-electron chi connectivity index (χ1n) is 7.36. The molecule has 0 rings (SSSR count). The molecule has 0 aromatic heterocycles. The van der Waals surface area contributed by atoms with Gasteiger partial charge in [-0.25, -0.2) is 4.79 Å². The van der Waals surface area contributed by atoms with Crippen LogP contribution in [0.25, 0.3) is 0 Å². The molecular weight excluding hydrogens is 256 g/mol. The van der Waals surface area contributed by atoms with Gasteiger partial charge in [0.1, 0.15) is 5.60 Å². The summed E-state index contributed by atoms with van der Waals surface area (Å²) in [4.78, 5) is 14.0. The number of carbonyl (C=O) groups is 1. The van der Waals surface area contributed by atoms with Crippen LogP contribution in [0.1, 0.15) is 54.9 Å². The van der Waals surface area contributed by atoms with E-state index in [1.807, 2.05) is 48.5 Å². The van der Waals surface area contributed by atoms with E-state index in [-0.39, 0.29) is 24.3 Å². The molecule has 0 spiro atoms. The van der Waals surface area contributed by atoms with Crippen molar-refractivity contribution in [2.45, 2.75) is 72.1 Å². The predicted molar refractivity (Wildman–Crippen MR) is 81.9 cm³/mol. The third-order valence-corrected chi connectivity index (χ3v) is 2.91. The minimum absolute atomic E-state index is 0.0791. The van der Waals surface area contributed by atoms with Gasteiger partial charge in [0, 0.05) is 24.7 Å². The largest absolute Gasteiger partial charge is 0.444 e. The third-order valence-electron chi connectivity index (χ3n) is 2.91. The molecular formula is C15H32N2O3. The number of hydrogen-bond acceptors (Lipinski definition) is 4. The Hall–Kier alpha value is -0.810. The van der Waals surface area contributed by atoms with Gasteiger partial charge in [-0.05, 0) is 48.0 Å². The molecule has 0 aliphatic heterocycles. The number of aliphatic hydroxyl groups is 1. The molecule has 0 bridgehead atoms. The van der Waals surface area contributed by atoms with Gasteiger partial charge in [-0.15, -0.1) is 0 Å². The number of nitrogens with one attached hydrogen (secondary N) is 1. The van der Waals surface area contributed by atoms with E-state index in [1.165, 1.54) is 0 Å². The molecule has 5 heteroatoms. The third kappa shape index (κ3) is 7.70. The van der Waals surface area contributed by atoms with Crippen LogP contribution in [-0.2, 0) is 4.74 Å². The fourth-order valence-corrected chi connectivity index (χ4v) is 1.74. The SMILES string of the molecule is CC[C@H](CO)NCCN(C(=O)OC(C)(C)C)C(C)(C)C. The van der Waals surface area contributed by atoms with Crippen molar-refractivity contribution in [2.75, 3.05) is 19.7 Å². The van der Waals surface area contributed by atoms with E-state index in [0.29, 0.717) is 13.1 Å². The second-order valence-corrected chi connectivity index (χ2v) is 7.04. The molecule has 0 aromatic carbocycles. The molecule has 0 aromatic rings. The highest BCUT2D eigenvalue weighted by Gasteiger charge is 2.30. The molecule has 2 N–H and O–H groups in total. The Balaban J connectivity index is 4.56. The van der Waals surface area contributed by atoms with Gasteiger partial charge in [0.25, 0.3) is 0 Å². The Morgan fingerprint density at radius 1 is 1.25 bits per heavy atom. The molecule has 1 atom stereocenters. The molecule has 20 heavy (non-hydrogen) atoms. The maximum atomic E-state index is 12.2. The minimum Gasteiger partial charge on any atom is -0.444 e. The lowest BCUT2D eigenvalue weighted by atomic mass is 10.1. The molecule has 0 radical (unpaired) electrons. The monoisotopic (exact) mass is 288 g/mol. The average molecular weight is 288 g/mol. The highest BCUT2D eigenvalue weighted by molar-refractivity contribution is 5.69. The van der Waals surface area contributed by atoms with Crippen LogP contribution in [-0.4, -0.2) is 53.0 Å². The van der Waals surface area contributed by atoms with E-state index in [2.05, 4.69) is 5.32 Å². The zero-order valence-electron chi connectivity index (χ0n) is 14.1. The van der Waals surface area contributed by atoms with Crippen LogP contribution in [0.15, 0.2) is 0 Å². The van der Waals surface area contributed by atoms with Gasteiger partial charge < -0.3 is 20.1 Å². The van der Waals surface area contributed by atoms with Crippen molar-refractivity contribution >= 4 is 6.09 Å². The summed E-state index contributed by atoms with van der Waals surface area (Å²) in [6.07, 6.45) is 0.558. The van der Waals surface area contributed by atoms with E-state index in [4.69, 9.17) is 9.84 Å². The van der Waals surface area contributed by atoms with E-state index in [0.717, 1.165) is 6.42 Å². The van der Waals surface area contributed by atoms with Gasteiger partial charge >= 0.3 is 6.09 Å². The summed E-state index contributed by atoms with van der Waals surface area (Å²) < 4.78 is 5.45. The highest BCUT2D eigenvalue weighted by atomic mass is 16.6. The van der Waals surface area contributed by atoms with Gasteiger partial charge in [0.05, 0.1) is 6.61 Å². The first kappa shape index (κ1) is 19.2. The molecule has 0 heterocycles. The number of aliphatic hydroxyl groups excluding tert-OH is 1. The van der Waals surface area contributed by atoms with Crippen LogP contribution >= 0.6 is 0 Å². The minimum atomic E-state index is -0.495. The second-order valence-electron chi connectivity index (χ2n) is 7.04. The maximum absolute atomic E-state index is 12.2. The van der Waals surface area contributed by atoms with E-state index < -0.39 is 5.60 Å². The molecule has 0 aliphatic carbocycles. The van der Waals surface area contributed by atoms with Crippen molar-refractivity contribution in [1.82, 2.24) is 10.2 Å².